The van der Waals surface area contributed by atoms with Crippen molar-refractivity contribution in [3.8, 4) is 5.69 Å². The van der Waals surface area contributed by atoms with E-state index in [0.29, 0.717) is 14.8 Å². The summed E-state index contributed by atoms with van der Waals surface area (Å²) in [7, 11) is 0. The van der Waals surface area contributed by atoms with Gasteiger partial charge >= 0.3 is 0 Å². The molecule has 0 saturated heterocycles. The minimum atomic E-state index is 0.600. The zero-order valence-corrected chi connectivity index (χ0v) is 12.4. The number of halogens is 2. The monoisotopic (exact) mass is 308 g/mol. The Labute approximate surface area is 125 Å². The van der Waals surface area contributed by atoms with E-state index in [2.05, 4.69) is 4.98 Å². The second kappa shape index (κ2) is 4.67. The number of benzene rings is 2. The Morgan fingerprint density at radius 3 is 2.63 bits per heavy atom. The van der Waals surface area contributed by atoms with Crippen molar-refractivity contribution in [1.29, 1.82) is 0 Å². The van der Waals surface area contributed by atoms with Gasteiger partial charge in [-0.25, -0.2) is 0 Å². The first-order chi connectivity index (χ1) is 9.06. The maximum absolute atomic E-state index is 6.32. The Morgan fingerprint density at radius 2 is 1.89 bits per heavy atom. The van der Waals surface area contributed by atoms with Gasteiger partial charge < -0.3 is 4.98 Å². The molecule has 96 valence electrons. The Morgan fingerprint density at radius 1 is 1.11 bits per heavy atom. The van der Waals surface area contributed by atoms with E-state index in [1.165, 1.54) is 0 Å². The molecule has 1 N–H and O–H groups in total. The van der Waals surface area contributed by atoms with E-state index in [-0.39, 0.29) is 0 Å². The van der Waals surface area contributed by atoms with Crippen LogP contribution >= 0.6 is 35.4 Å². The number of fused-ring (bicyclic) bond motifs is 1. The van der Waals surface area contributed by atoms with Gasteiger partial charge in [-0.15, -0.1) is 0 Å². The van der Waals surface area contributed by atoms with E-state index in [1.807, 2.05) is 47.9 Å². The molecule has 0 amide bonds. The van der Waals surface area contributed by atoms with Gasteiger partial charge in [-0.3, -0.25) is 4.57 Å². The predicted octanol–water partition coefficient (Wildman–Crippen LogP) is 5.30. The van der Waals surface area contributed by atoms with Crippen LogP contribution in [-0.2, 0) is 0 Å². The second-order valence-corrected chi connectivity index (χ2v) is 5.61. The topological polar surface area (TPSA) is 20.7 Å². The van der Waals surface area contributed by atoms with Crippen molar-refractivity contribution in [2.45, 2.75) is 6.92 Å². The van der Waals surface area contributed by atoms with Gasteiger partial charge in [-0.1, -0.05) is 29.3 Å². The molecule has 5 heteroatoms. The third-order valence-electron chi connectivity index (χ3n) is 2.99. The van der Waals surface area contributed by atoms with Crippen LogP contribution in [0, 0.1) is 11.7 Å². The number of aryl methyl sites for hydroxylation is 1. The van der Waals surface area contributed by atoms with E-state index >= 15 is 0 Å². The average molecular weight is 309 g/mol. The molecular formula is C14H10Cl2N2S. The summed E-state index contributed by atoms with van der Waals surface area (Å²) >= 11 is 17.8. The van der Waals surface area contributed by atoms with Crippen LogP contribution in [0.1, 0.15) is 5.56 Å². The fourth-order valence-electron chi connectivity index (χ4n) is 2.11. The molecule has 0 radical (unpaired) electrons. The molecule has 2 nitrogen and oxygen atoms in total. The fraction of sp³-hybridized carbons (Fsp3) is 0.0714. The molecule has 19 heavy (non-hydrogen) atoms. The van der Waals surface area contributed by atoms with Crippen LogP contribution in [0.25, 0.3) is 16.7 Å². The van der Waals surface area contributed by atoms with Gasteiger partial charge in [0.05, 0.1) is 21.7 Å². The Balaban J connectivity index is 2.38. The van der Waals surface area contributed by atoms with Crippen LogP contribution in [0.2, 0.25) is 10.0 Å². The van der Waals surface area contributed by atoms with Crippen molar-refractivity contribution in [3.05, 3.63) is 56.8 Å². The minimum Gasteiger partial charge on any atom is -0.330 e. The largest absolute Gasteiger partial charge is 0.330 e. The Bertz CT molecular complexity index is 833. The van der Waals surface area contributed by atoms with Gasteiger partial charge in [0.1, 0.15) is 0 Å². The molecule has 0 spiro atoms. The first-order valence-corrected chi connectivity index (χ1v) is 6.89. The lowest BCUT2D eigenvalue weighted by Gasteiger charge is -2.08. The van der Waals surface area contributed by atoms with Gasteiger partial charge in [-0.05, 0) is 55.0 Å². The predicted molar refractivity (Wildman–Crippen MR) is 83.2 cm³/mol. The maximum atomic E-state index is 6.32. The lowest BCUT2D eigenvalue weighted by Crippen LogP contribution is -1.95. The zero-order chi connectivity index (χ0) is 13.6. The quantitative estimate of drug-likeness (QED) is 0.605. The maximum Gasteiger partial charge on any atom is 0.182 e. The highest BCUT2D eigenvalue weighted by Gasteiger charge is 2.10. The summed E-state index contributed by atoms with van der Waals surface area (Å²) in [5, 5.41) is 1.33. The molecule has 0 aliphatic carbocycles. The van der Waals surface area contributed by atoms with Crippen molar-refractivity contribution < 1.29 is 0 Å². The lowest BCUT2D eigenvalue weighted by atomic mass is 10.2. The summed E-state index contributed by atoms with van der Waals surface area (Å²) in [4.78, 5) is 3.16. The third-order valence-corrected chi connectivity index (χ3v) is 3.81. The summed E-state index contributed by atoms with van der Waals surface area (Å²) in [5.41, 5.74) is 3.82. The molecule has 0 aliphatic rings. The minimum absolute atomic E-state index is 0.600. The van der Waals surface area contributed by atoms with E-state index < -0.39 is 0 Å². The molecule has 0 aliphatic heterocycles. The smallest absolute Gasteiger partial charge is 0.182 e. The van der Waals surface area contributed by atoms with E-state index in [9.17, 15) is 0 Å². The van der Waals surface area contributed by atoms with Crippen molar-refractivity contribution in [2.75, 3.05) is 0 Å². The molecule has 0 bridgehead atoms. The summed E-state index contributed by atoms with van der Waals surface area (Å²) in [6.07, 6.45) is 0. The van der Waals surface area contributed by atoms with Crippen molar-refractivity contribution >= 4 is 46.5 Å². The number of rotatable bonds is 1. The number of imidazole rings is 1. The molecule has 3 aromatic rings. The van der Waals surface area contributed by atoms with Crippen molar-refractivity contribution in [2.24, 2.45) is 0 Å². The van der Waals surface area contributed by atoms with Gasteiger partial charge in [0.2, 0.25) is 0 Å². The molecule has 1 aromatic heterocycles. The summed E-state index contributed by atoms with van der Waals surface area (Å²) in [6, 6.07) is 11.5. The molecule has 3 rings (SSSR count). The SMILES string of the molecule is Cc1ccc(-n2c(=S)[nH]c3ccc(Cl)cc32)c(Cl)c1. The number of aromatic amines is 1. The van der Waals surface area contributed by atoms with Crippen molar-refractivity contribution in [1.82, 2.24) is 9.55 Å². The van der Waals surface area contributed by atoms with Crippen LogP contribution in [-0.4, -0.2) is 9.55 Å². The first-order valence-electron chi connectivity index (χ1n) is 5.73. The normalized spacial score (nSPS) is 11.1. The van der Waals surface area contributed by atoms with Crippen LogP contribution < -0.4 is 0 Å². The van der Waals surface area contributed by atoms with Crippen LogP contribution in [0.5, 0.6) is 0 Å². The number of H-pyrrole nitrogens is 1. The number of hydrogen-bond donors (Lipinski definition) is 1. The van der Waals surface area contributed by atoms with Crippen molar-refractivity contribution in [3.63, 3.8) is 0 Å². The molecule has 0 atom stereocenters. The van der Waals surface area contributed by atoms with E-state index in [4.69, 9.17) is 35.4 Å². The molecule has 2 aromatic carbocycles. The number of nitrogens with one attached hydrogen (secondary N) is 1. The molecule has 1 heterocycles. The third kappa shape index (κ3) is 2.18. The van der Waals surface area contributed by atoms with Gasteiger partial charge in [-0.2, -0.15) is 0 Å². The van der Waals surface area contributed by atoms with E-state index in [1.54, 1.807) is 0 Å². The Kier molecular flexibility index (Phi) is 3.13. The highest BCUT2D eigenvalue weighted by atomic mass is 35.5. The number of aromatic nitrogens is 2. The summed E-state index contributed by atoms with van der Waals surface area (Å²) in [6.45, 7) is 2.00. The highest BCUT2D eigenvalue weighted by molar-refractivity contribution is 7.71. The standard InChI is InChI=1S/C14H10Cl2N2S/c1-8-2-5-12(10(16)6-8)18-13-7-9(15)3-4-11(13)17-14(18)19/h2-7H,1H3,(H,17,19). The molecular weight excluding hydrogens is 299 g/mol. The Hall–Kier alpha value is -1.29. The summed E-state index contributed by atoms with van der Waals surface area (Å²) in [5.74, 6) is 0. The van der Waals surface area contributed by atoms with Gasteiger partial charge in [0, 0.05) is 5.02 Å². The van der Waals surface area contributed by atoms with E-state index in [0.717, 1.165) is 22.3 Å². The zero-order valence-electron chi connectivity index (χ0n) is 10.1. The van der Waals surface area contributed by atoms with Crippen LogP contribution in [0.15, 0.2) is 36.4 Å². The highest BCUT2D eigenvalue weighted by Crippen LogP contribution is 2.27. The summed E-state index contributed by atoms with van der Waals surface area (Å²) < 4.78 is 2.50. The lowest BCUT2D eigenvalue weighted by molar-refractivity contribution is 1.06. The first kappa shape index (κ1) is 12.7. The van der Waals surface area contributed by atoms with Crippen LogP contribution in [0.3, 0.4) is 0 Å². The molecule has 0 unspecified atom stereocenters. The second-order valence-electron chi connectivity index (χ2n) is 4.38. The average Bonchev–Trinajstić information content (AvgIpc) is 2.65. The molecule has 0 saturated carbocycles. The van der Waals surface area contributed by atoms with Gasteiger partial charge in [0.15, 0.2) is 4.77 Å². The molecule has 0 fully saturated rings. The number of hydrogen-bond acceptors (Lipinski definition) is 1. The fourth-order valence-corrected chi connectivity index (χ4v) is 2.90. The van der Waals surface area contributed by atoms with Crippen LogP contribution in [0.4, 0.5) is 0 Å². The van der Waals surface area contributed by atoms with Gasteiger partial charge in [0.25, 0.3) is 0 Å². The number of nitrogens with zero attached hydrogens (tertiary/aromatic N) is 1.